The van der Waals surface area contributed by atoms with Crippen molar-refractivity contribution in [1.82, 2.24) is 0 Å². The number of ether oxygens (including phenoxy) is 2. The molecule has 0 aromatic rings. The zero-order valence-corrected chi connectivity index (χ0v) is 12.1. The van der Waals surface area contributed by atoms with Gasteiger partial charge in [0.05, 0.1) is 18.3 Å². The molecule has 1 heterocycles. The second-order valence-electron chi connectivity index (χ2n) is 6.86. The van der Waals surface area contributed by atoms with E-state index < -0.39 is 0 Å². The molecule has 2 aliphatic rings. The van der Waals surface area contributed by atoms with E-state index in [0.717, 1.165) is 45.1 Å². The van der Waals surface area contributed by atoms with Gasteiger partial charge < -0.3 is 14.6 Å². The second-order valence-corrected chi connectivity index (χ2v) is 6.86. The topological polar surface area (TPSA) is 38.7 Å². The molecule has 2 rings (SSSR count). The lowest BCUT2D eigenvalue weighted by molar-refractivity contribution is -0.167. The molecule has 2 unspecified atom stereocenters. The van der Waals surface area contributed by atoms with Crippen LogP contribution < -0.4 is 0 Å². The van der Waals surface area contributed by atoms with Gasteiger partial charge in [-0.15, -0.1) is 0 Å². The zero-order valence-electron chi connectivity index (χ0n) is 12.1. The first-order chi connectivity index (χ1) is 8.49. The van der Waals surface area contributed by atoms with E-state index in [1.807, 2.05) is 0 Å². The Morgan fingerprint density at radius 3 is 2.39 bits per heavy atom. The number of aliphatic hydroxyl groups excluding tert-OH is 1. The van der Waals surface area contributed by atoms with E-state index in [1.165, 1.54) is 0 Å². The van der Waals surface area contributed by atoms with Crippen LogP contribution in [-0.2, 0) is 9.47 Å². The molecule has 0 spiro atoms. The van der Waals surface area contributed by atoms with E-state index in [0.29, 0.717) is 12.0 Å². The quantitative estimate of drug-likeness (QED) is 0.844. The molecule has 1 aliphatic carbocycles. The summed E-state index contributed by atoms with van der Waals surface area (Å²) in [7, 11) is 1.76. The monoisotopic (exact) mass is 256 g/mol. The molecule has 3 heteroatoms. The Labute approximate surface area is 111 Å². The highest BCUT2D eigenvalue weighted by atomic mass is 16.5. The number of aliphatic hydroxyl groups is 1. The average Bonchev–Trinajstić information content (AvgIpc) is 2.40. The Hall–Kier alpha value is -0.120. The van der Waals surface area contributed by atoms with E-state index in [9.17, 15) is 5.11 Å². The SMILES string of the molecule is COC1(C(O)C2CCCOC2)CCC(C)(C)CC1. The van der Waals surface area contributed by atoms with Gasteiger partial charge in [-0.3, -0.25) is 0 Å². The number of hydrogen-bond donors (Lipinski definition) is 1. The molecule has 1 saturated heterocycles. The van der Waals surface area contributed by atoms with Gasteiger partial charge in [-0.05, 0) is 43.9 Å². The predicted octanol–water partition coefficient (Wildman–Crippen LogP) is 2.76. The molecule has 0 aromatic heterocycles. The third-order valence-corrected chi connectivity index (χ3v) is 5.04. The van der Waals surface area contributed by atoms with Crippen molar-refractivity contribution in [2.45, 2.75) is 64.1 Å². The van der Waals surface area contributed by atoms with Crippen molar-refractivity contribution in [3.05, 3.63) is 0 Å². The first-order valence-electron chi connectivity index (χ1n) is 7.30. The largest absolute Gasteiger partial charge is 0.390 e. The van der Waals surface area contributed by atoms with Gasteiger partial charge in [-0.2, -0.15) is 0 Å². The van der Waals surface area contributed by atoms with Crippen LogP contribution >= 0.6 is 0 Å². The summed E-state index contributed by atoms with van der Waals surface area (Å²) in [5.74, 6) is 0.250. The summed E-state index contributed by atoms with van der Waals surface area (Å²) in [5, 5.41) is 10.7. The predicted molar refractivity (Wildman–Crippen MR) is 71.5 cm³/mol. The van der Waals surface area contributed by atoms with E-state index in [1.54, 1.807) is 7.11 Å². The van der Waals surface area contributed by atoms with Crippen LogP contribution in [0, 0.1) is 11.3 Å². The molecule has 2 atom stereocenters. The molecule has 1 aliphatic heterocycles. The highest BCUT2D eigenvalue weighted by Gasteiger charge is 2.46. The van der Waals surface area contributed by atoms with Crippen molar-refractivity contribution >= 4 is 0 Å². The van der Waals surface area contributed by atoms with Gasteiger partial charge in [-0.1, -0.05) is 13.8 Å². The highest BCUT2D eigenvalue weighted by Crippen LogP contribution is 2.45. The number of rotatable bonds is 3. The molecule has 0 amide bonds. The Kier molecular flexibility index (Phi) is 4.35. The summed E-state index contributed by atoms with van der Waals surface area (Å²) in [6, 6.07) is 0. The normalized spacial score (nSPS) is 33.0. The lowest BCUT2D eigenvalue weighted by atomic mass is 9.67. The lowest BCUT2D eigenvalue weighted by Gasteiger charge is -2.47. The lowest BCUT2D eigenvalue weighted by Crippen LogP contribution is -2.52. The summed E-state index contributed by atoms with van der Waals surface area (Å²) in [5.41, 5.74) is 0.0612. The summed E-state index contributed by atoms with van der Waals surface area (Å²) in [6.07, 6.45) is 5.95. The minimum atomic E-state index is -0.376. The molecular weight excluding hydrogens is 228 g/mol. The van der Waals surface area contributed by atoms with E-state index in [2.05, 4.69) is 13.8 Å². The fourth-order valence-electron chi connectivity index (χ4n) is 3.41. The molecule has 3 nitrogen and oxygen atoms in total. The van der Waals surface area contributed by atoms with Crippen molar-refractivity contribution in [3.63, 3.8) is 0 Å². The van der Waals surface area contributed by atoms with Crippen LogP contribution in [0.4, 0.5) is 0 Å². The molecule has 0 aromatic carbocycles. The maximum atomic E-state index is 10.7. The molecule has 1 N–H and O–H groups in total. The molecule has 18 heavy (non-hydrogen) atoms. The van der Waals surface area contributed by atoms with Gasteiger partial charge in [0, 0.05) is 19.6 Å². The van der Waals surface area contributed by atoms with Gasteiger partial charge in [0.2, 0.25) is 0 Å². The zero-order chi connectivity index (χ0) is 13.2. The van der Waals surface area contributed by atoms with E-state index in [4.69, 9.17) is 9.47 Å². The van der Waals surface area contributed by atoms with E-state index in [-0.39, 0.29) is 17.6 Å². The first-order valence-corrected chi connectivity index (χ1v) is 7.30. The Morgan fingerprint density at radius 2 is 1.89 bits per heavy atom. The van der Waals surface area contributed by atoms with Crippen molar-refractivity contribution in [3.8, 4) is 0 Å². The van der Waals surface area contributed by atoms with Gasteiger partial charge in [-0.25, -0.2) is 0 Å². The highest BCUT2D eigenvalue weighted by molar-refractivity contribution is 4.98. The Balaban J connectivity index is 2.02. The van der Waals surface area contributed by atoms with Crippen molar-refractivity contribution in [1.29, 1.82) is 0 Å². The number of methoxy groups -OCH3 is 1. The molecule has 2 fully saturated rings. The van der Waals surface area contributed by atoms with Crippen molar-refractivity contribution in [2.24, 2.45) is 11.3 Å². The van der Waals surface area contributed by atoms with Gasteiger partial charge in [0.1, 0.15) is 0 Å². The molecule has 106 valence electrons. The second kappa shape index (κ2) is 5.48. The van der Waals surface area contributed by atoms with Crippen LogP contribution in [0.5, 0.6) is 0 Å². The fourth-order valence-corrected chi connectivity index (χ4v) is 3.41. The summed E-state index contributed by atoms with van der Waals surface area (Å²) >= 11 is 0. The Bertz CT molecular complexity index is 259. The van der Waals surface area contributed by atoms with Crippen LogP contribution in [0.15, 0.2) is 0 Å². The summed E-state index contributed by atoms with van der Waals surface area (Å²) in [6.45, 7) is 6.15. The summed E-state index contributed by atoms with van der Waals surface area (Å²) in [4.78, 5) is 0. The van der Waals surface area contributed by atoms with Gasteiger partial charge >= 0.3 is 0 Å². The van der Waals surface area contributed by atoms with E-state index >= 15 is 0 Å². The van der Waals surface area contributed by atoms with Crippen molar-refractivity contribution in [2.75, 3.05) is 20.3 Å². The van der Waals surface area contributed by atoms with Crippen LogP contribution in [0.25, 0.3) is 0 Å². The molecule has 0 bridgehead atoms. The van der Waals surface area contributed by atoms with Crippen LogP contribution in [0.1, 0.15) is 52.4 Å². The standard InChI is InChI=1S/C15H28O3/c1-14(2)6-8-15(17-3,9-7-14)13(16)12-5-4-10-18-11-12/h12-13,16H,4-11H2,1-3H3. The maximum absolute atomic E-state index is 10.7. The minimum absolute atomic E-state index is 0.250. The Morgan fingerprint density at radius 1 is 1.22 bits per heavy atom. The minimum Gasteiger partial charge on any atom is -0.390 e. The van der Waals surface area contributed by atoms with Gasteiger partial charge in [0.15, 0.2) is 0 Å². The smallest absolute Gasteiger partial charge is 0.0940 e. The van der Waals surface area contributed by atoms with Crippen LogP contribution in [0.3, 0.4) is 0 Å². The molecular formula is C15H28O3. The first kappa shape index (κ1) is 14.3. The third-order valence-electron chi connectivity index (χ3n) is 5.04. The van der Waals surface area contributed by atoms with Crippen LogP contribution in [0.2, 0.25) is 0 Å². The number of hydrogen-bond acceptors (Lipinski definition) is 3. The third kappa shape index (κ3) is 2.89. The average molecular weight is 256 g/mol. The molecule has 1 saturated carbocycles. The van der Waals surface area contributed by atoms with Crippen LogP contribution in [-0.4, -0.2) is 37.1 Å². The fraction of sp³-hybridized carbons (Fsp3) is 1.00. The molecule has 0 radical (unpaired) electrons. The summed E-state index contributed by atoms with van der Waals surface area (Å²) < 4.78 is 11.3. The van der Waals surface area contributed by atoms with Crippen molar-refractivity contribution < 1.29 is 14.6 Å². The maximum Gasteiger partial charge on any atom is 0.0940 e. The van der Waals surface area contributed by atoms with Gasteiger partial charge in [0.25, 0.3) is 0 Å².